The van der Waals surface area contributed by atoms with Crippen LogP contribution in [0.15, 0.2) is 0 Å². The number of halogens is 1. The molecule has 0 fully saturated rings. The zero-order chi connectivity index (χ0) is 7.49. The highest BCUT2D eigenvalue weighted by atomic mass is 32.2. The molecule has 1 N–H and O–H groups in total. The first kappa shape index (κ1) is 8.80. The molecule has 0 aromatic heterocycles. The van der Waals surface area contributed by atoms with Crippen LogP contribution in [0.1, 0.15) is 6.92 Å². The van der Waals surface area contributed by atoms with E-state index in [0.29, 0.717) is 0 Å². The zero-order valence-electron chi connectivity index (χ0n) is 4.74. The lowest BCUT2D eigenvalue weighted by Gasteiger charge is -1.99. The van der Waals surface area contributed by atoms with Gasteiger partial charge in [0.2, 0.25) is 0 Å². The van der Waals surface area contributed by atoms with Gasteiger partial charge in [-0.1, -0.05) is 0 Å². The zero-order valence-corrected chi connectivity index (χ0v) is 5.56. The maximum atomic E-state index is 11.6. The molecule has 1 atom stereocenters. The predicted molar refractivity (Wildman–Crippen MR) is 28.1 cm³/mol. The van der Waals surface area contributed by atoms with Crippen molar-refractivity contribution in [3.05, 3.63) is 0 Å². The minimum atomic E-state index is -4.18. The molecule has 0 aromatic rings. The van der Waals surface area contributed by atoms with E-state index in [1.54, 1.807) is 0 Å². The Bertz CT molecular complexity index is 161. The average Bonchev–Trinajstić information content (AvgIpc) is 1.59. The number of hydrogen-bond acceptors (Lipinski definition) is 3. The highest BCUT2D eigenvalue weighted by Crippen LogP contribution is 1.92. The second-order valence-electron chi connectivity index (χ2n) is 1.41. The summed E-state index contributed by atoms with van der Waals surface area (Å²) in [5.74, 6) is -0.995. The topological polar surface area (TPSA) is 63.6 Å². The van der Waals surface area contributed by atoms with Gasteiger partial charge in [-0.25, -0.2) is 4.39 Å². The second-order valence-corrected chi connectivity index (χ2v) is 2.81. The molecular weight excluding hydrogens is 151 g/mol. The van der Waals surface area contributed by atoms with Gasteiger partial charge in [-0.3, -0.25) is 4.55 Å². The molecule has 56 valence electrons. The summed E-state index contributed by atoms with van der Waals surface area (Å²) in [5, 5.41) is 0. The Morgan fingerprint density at radius 3 is 2.33 bits per heavy atom. The summed E-state index contributed by atoms with van der Waals surface area (Å²) in [6.07, 6.45) is -1.67. The number of rotatable bonds is 3. The number of ether oxygens (including phenoxy) is 1. The molecule has 0 aromatic carbocycles. The Hall–Kier alpha value is -0.200. The van der Waals surface area contributed by atoms with Crippen molar-refractivity contribution in [1.29, 1.82) is 0 Å². The quantitative estimate of drug-likeness (QED) is 0.594. The molecule has 0 radical (unpaired) electrons. The molecule has 1 unspecified atom stereocenters. The maximum absolute atomic E-state index is 11.6. The van der Waals surface area contributed by atoms with Crippen LogP contribution in [-0.4, -0.2) is 25.3 Å². The van der Waals surface area contributed by atoms with Gasteiger partial charge >= 0.3 is 0 Å². The minimum absolute atomic E-state index is 0.995. The van der Waals surface area contributed by atoms with E-state index in [2.05, 4.69) is 4.74 Å². The number of hydrogen-bond donors (Lipinski definition) is 1. The first-order valence-electron chi connectivity index (χ1n) is 2.12. The van der Waals surface area contributed by atoms with Crippen LogP contribution >= 0.6 is 0 Å². The van der Waals surface area contributed by atoms with Gasteiger partial charge in [0.25, 0.3) is 10.1 Å². The maximum Gasteiger partial charge on any atom is 0.289 e. The normalized spacial score (nSPS) is 15.4. The third-order valence-electron chi connectivity index (χ3n) is 0.447. The van der Waals surface area contributed by atoms with Gasteiger partial charge in [0.15, 0.2) is 12.3 Å². The molecule has 0 heterocycles. The Kier molecular flexibility index (Phi) is 3.02. The molecule has 4 nitrogen and oxygen atoms in total. The van der Waals surface area contributed by atoms with Gasteiger partial charge in [-0.2, -0.15) is 8.42 Å². The van der Waals surface area contributed by atoms with E-state index in [-0.39, 0.29) is 0 Å². The van der Waals surface area contributed by atoms with Crippen LogP contribution in [0.25, 0.3) is 0 Å². The largest absolute Gasteiger partial charge is 0.330 e. The molecule has 0 spiro atoms. The highest BCUT2D eigenvalue weighted by molar-refractivity contribution is 7.85. The van der Waals surface area contributed by atoms with Crippen LogP contribution in [0.4, 0.5) is 4.39 Å². The lowest BCUT2D eigenvalue weighted by molar-refractivity contribution is -0.00258. The molecule has 0 aliphatic rings. The van der Waals surface area contributed by atoms with E-state index >= 15 is 0 Å². The Balaban J connectivity index is 3.53. The summed E-state index contributed by atoms with van der Waals surface area (Å²) in [6, 6.07) is 0. The lowest BCUT2D eigenvalue weighted by Crippen LogP contribution is -2.11. The van der Waals surface area contributed by atoms with Crippen LogP contribution < -0.4 is 0 Å². The van der Waals surface area contributed by atoms with E-state index in [9.17, 15) is 12.8 Å². The molecule has 6 heteroatoms. The fourth-order valence-electron chi connectivity index (χ4n) is 0.180. The summed E-state index contributed by atoms with van der Waals surface area (Å²) in [5.41, 5.74) is 0. The first-order valence-corrected chi connectivity index (χ1v) is 3.73. The van der Waals surface area contributed by atoms with Crippen LogP contribution in [-0.2, 0) is 14.9 Å². The first-order chi connectivity index (χ1) is 3.92. The van der Waals surface area contributed by atoms with Crippen molar-refractivity contribution in [2.24, 2.45) is 0 Å². The average molecular weight is 158 g/mol. The van der Waals surface area contributed by atoms with E-state index in [0.717, 1.165) is 6.92 Å². The summed E-state index contributed by atoms with van der Waals surface area (Å²) in [6.45, 7) is 1.02. The van der Waals surface area contributed by atoms with Gasteiger partial charge in [0.1, 0.15) is 0 Å². The minimum Gasteiger partial charge on any atom is -0.330 e. The Morgan fingerprint density at radius 1 is 1.78 bits per heavy atom. The molecule has 0 aliphatic carbocycles. The molecule has 0 rings (SSSR count). The molecule has 0 amide bonds. The molecule has 9 heavy (non-hydrogen) atoms. The van der Waals surface area contributed by atoms with Gasteiger partial charge in [-0.05, 0) is 6.92 Å². The van der Waals surface area contributed by atoms with Crippen molar-refractivity contribution in [2.75, 3.05) is 5.94 Å². The summed E-state index contributed by atoms with van der Waals surface area (Å²) in [7, 11) is -4.18. The van der Waals surface area contributed by atoms with Crippen LogP contribution in [0.3, 0.4) is 0 Å². The monoisotopic (exact) mass is 158 g/mol. The van der Waals surface area contributed by atoms with Crippen LogP contribution in [0, 0.1) is 0 Å². The van der Waals surface area contributed by atoms with Gasteiger partial charge in [0.05, 0.1) is 0 Å². The van der Waals surface area contributed by atoms with Crippen LogP contribution in [0.2, 0.25) is 0 Å². The predicted octanol–water partition coefficient (Wildman–Crippen LogP) is 0.164. The standard InChI is InChI=1S/C3H7FO4S/c1-3(4)8-2-9(5,6)7/h3H,2H2,1H3,(H,5,6,7). The van der Waals surface area contributed by atoms with Crippen LogP contribution in [0.5, 0.6) is 0 Å². The fraction of sp³-hybridized carbons (Fsp3) is 1.00. The Morgan fingerprint density at radius 2 is 2.22 bits per heavy atom. The van der Waals surface area contributed by atoms with Crippen molar-refractivity contribution in [3.8, 4) is 0 Å². The van der Waals surface area contributed by atoms with E-state index in [1.165, 1.54) is 0 Å². The van der Waals surface area contributed by atoms with Crippen molar-refractivity contribution in [3.63, 3.8) is 0 Å². The number of alkyl halides is 1. The summed E-state index contributed by atoms with van der Waals surface area (Å²) < 4.78 is 43.1. The van der Waals surface area contributed by atoms with Crippen molar-refractivity contribution >= 4 is 10.1 Å². The molecule has 0 saturated carbocycles. The van der Waals surface area contributed by atoms with Gasteiger partial charge < -0.3 is 4.74 Å². The molecule has 0 aliphatic heterocycles. The van der Waals surface area contributed by atoms with Gasteiger partial charge in [0, 0.05) is 0 Å². The SMILES string of the molecule is CC(F)OCS(=O)(=O)O. The van der Waals surface area contributed by atoms with E-state index < -0.39 is 22.4 Å². The third-order valence-corrected chi connectivity index (χ3v) is 0.881. The summed E-state index contributed by atoms with van der Waals surface area (Å²) in [4.78, 5) is 0. The van der Waals surface area contributed by atoms with E-state index in [4.69, 9.17) is 4.55 Å². The molecular formula is C3H7FO4S. The molecule has 0 bridgehead atoms. The fourth-order valence-corrected chi connectivity index (χ4v) is 0.539. The van der Waals surface area contributed by atoms with E-state index in [1.807, 2.05) is 0 Å². The van der Waals surface area contributed by atoms with Crippen molar-refractivity contribution < 1.29 is 22.1 Å². The van der Waals surface area contributed by atoms with Crippen molar-refractivity contribution in [1.82, 2.24) is 0 Å². The summed E-state index contributed by atoms with van der Waals surface area (Å²) >= 11 is 0. The molecule has 0 saturated heterocycles. The van der Waals surface area contributed by atoms with Gasteiger partial charge in [-0.15, -0.1) is 0 Å². The Labute approximate surface area is 52.4 Å². The third kappa shape index (κ3) is 7.80. The smallest absolute Gasteiger partial charge is 0.289 e. The van der Waals surface area contributed by atoms with Crippen molar-refractivity contribution in [2.45, 2.75) is 13.3 Å². The highest BCUT2D eigenvalue weighted by Gasteiger charge is 2.06. The second kappa shape index (κ2) is 3.09. The lowest BCUT2D eigenvalue weighted by atomic mass is 10.8.